The lowest BCUT2D eigenvalue weighted by atomic mass is 10.2. The fourth-order valence-corrected chi connectivity index (χ4v) is 2.45. The molecule has 2 rings (SSSR count). The molecule has 6 nitrogen and oxygen atoms in total. The maximum Gasteiger partial charge on any atom is 0.240 e. The lowest BCUT2D eigenvalue weighted by Gasteiger charge is -2.29. The first kappa shape index (κ1) is 12.3. The predicted octanol–water partition coefficient (Wildman–Crippen LogP) is -0.816. The number of carbonyl (C=O) groups is 2. The third-order valence-electron chi connectivity index (χ3n) is 3.71. The standard InChI is InChI=1S/C11H20N4O2/c1-8-10(16)12(3)6-15-7-14(8)5-13(4)11(17)9(15)2/h8-9H,5-7H2,1-4H3/t8-,9-/m0/s1. The minimum Gasteiger partial charge on any atom is -0.331 e. The highest BCUT2D eigenvalue weighted by Crippen LogP contribution is 2.18. The van der Waals surface area contributed by atoms with Gasteiger partial charge in [-0.05, 0) is 13.8 Å². The van der Waals surface area contributed by atoms with Gasteiger partial charge in [-0.2, -0.15) is 0 Å². The Morgan fingerprint density at radius 1 is 0.824 bits per heavy atom. The van der Waals surface area contributed by atoms with Gasteiger partial charge < -0.3 is 9.80 Å². The van der Waals surface area contributed by atoms with E-state index >= 15 is 0 Å². The third-order valence-corrected chi connectivity index (χ3v) is 3.71. The summed E-state index contributed by atoms with van der Waals surface area (Å²) in [6, 6.07) is -0.351. The zero-order valence-electron chi connectivity index (χ0n) is 10.9. The molecule has 0 spiro atoms. The highest BCUT2D eigenvalue weighted by molar-refractivity contribution is 5.83. The number of carbonyl (C=O) groups excluding carboxylic acids is 2. The second-order valence-corrected chi connectivity index (χ2v) is 5.03. The van der Waals surface area contributed by atoms with Gasteiger partial charge >= 0.3 is 0 Å². The minimum absolute atomic E-state index is 0.113. The second kappa shape index (κ2) is 4.27. The fraction of sp³-hybridized carbons (Fsp3) is 0.818. The zero-order valence-corrected chi connectivity index (χ0v) is 10.9. The molecule has 0 aromatic rings. The second-order valence-electron chi connectivity index (χ2n) is 5.03. The van der Waals surface area contributed by atoms with Crippen LogP contribution in [0.15, 0.2) is 0 Å². The van der Waals surface area contributed by atoms with Crippen LogP contribution in [-0.4, -0.2) is 77.6 Å². The number of likely N-dealkylation sites (N-methyl/N-ethyl adjacent to an activating group) is 2. The van der Waals surface area contributed by atoms with Gasteiger partial charge in [0.15, 0.2) is 0 Å². The van der Waals surface area contributed by atoms with Crippen LogP contribution in [0.2, 0.25) is 0 Å². The van der Waals surface area contributed by atoms with Crippen LogP contribution in [0.25, 0.3) is 0 Å². The number of nitrogens with zero attached hydrogens (tertiary/aromatic N) is 4. The molecule has 0 radical (unpaired) electrons. The van der Waals surface area contributed by atoms with Crippen molar-refractivity contribution in [3.63, 3.8) is 0 Å². The van der Waals surface area contributed by atoms with Crippen LogP contribution in [0.4, 0.5) is 0 Å². The fourth-order valence-electron chi connectivity index (χ4n) is 2.45. The number of amides is 2. The van der Waals surface area contributed by atoms with E-state index in [4.69, 9.17) is 0 Å². The summed E-state index contributed by atoms with van der Waals surface area (Å²) < 4.78 is 0. The molecule has 0 aromatic carbocycles. The first-order valence-electron chi connectivity index (χ1n) is 5.90. The van der Waals surface area contributed by atoms with Gasteiger partial charge in [-0.15, -0.1) is 0 Å². The Bertz CT molecular complexity index is 314. The van der Waals surface area contributed by atoms with Gasteiger partial charge in [-0.25, -0.2) is 0 Å². The zero-order chi connectivity index (χ0) is 12.7. The summed E-state index contributed by atoms with van der Waals surface area (Å²) in [4.78, 5) is 31.6. The molecule has 6 heteroatoms. The van der Waals surface area contributed by atoms with Gasteiger partial charge in [0.05, 0.1) is 32.1 Å². The summed E-state index contributed by atoms with van der Waals surface area (Å²) in [6.45, 7) is 5.49. The number of rotatable bonds is 0. The van der Waals surface area contributed by atoms with Crippen molar-refractivity contribution in [2.24, 2.45) is 0 Å². The molecule has 2 unspecified atom stereocenters. The summed E-state index contributed by atoms with van der Waals surface area (Å²) in [5, 5.41) is 0. The monoisotopic (exact) mass is 240 g/mol. The summed E-state index contributed by atoms with van der Waals surface area (Å²) in [5.41, 5.74) is 0. The van der Waals surface area contributed by atoms with E-state index in [1.54, 1.807) is 23.9 Å². The molecule has 0 N–H and O–H groups in total. The molecule has 2 fully saturated rings. The van der Waals surface area contributed by atoms with Gasteiger partial charge in [0.25, 0.3) is 0 Å². The molecule has 0 aliphatic carbocycles. The average Bonchev–Trinajstić information content (AvgIpc) is 2.46. The van der Waals surface area contributed by atoms with Crippen LogP contribution in [0.1, 0.15) is 13.8 Å². The van der Waals surface area contributed by atoms with Crippen molar-refractivity contribution < 1.29 is 9.59 Å². The maximum absolute atomic E-state index is 12.0. The average molecular weight is 240 g/mol. The highest BCUT2D eigenvalue weighted by Gasteiger charge is 2.38. The normalized spacial score (nSPS) is 39.1. The van der Waals surface area contributed by atoms with E-state index in [1.807, 2.05) is 23.6 Å². The van der Waals surface area contributed by atoms with Crippen molar-refractivity contribution in [2.75, 3.05) is 34.1 Å². The van der Waals surface area contributed by atoms with E-state index in [0.717, 1.165) is 0 Å². The third kappa shape index (κ3) is 2.02. The van der Waals surface area contributed by atoms with Crippen LogP contribution in [0, 0.1) is 0 Å². The van der Waals surface area contributed by atoms with Gasteiger partial charge in [0.1, 0.15) is 0 Å². The highest BCUT2D eigenvalue weighted by atomic mass is 16.2. The van der Waals surface area contributed by atoms with E-state index in [9.17, 15) is 9.59 Å². The molecular formula is C11H20N4O2. The first-order chi connectivity index (χ1) is 7.91. The lowest BCUT2D eigenvalue weighted by Crippen LogP contribution is -2.49. The van der Waals surface area contributed by atoms with Crippen molar-refractivity contribution >= 4 is 11.8 Å². The minimum atomic E-state index is -0.175. The molecule has 2 bridgehead atoms. The smallest absolute Gasteiger partial charge is 0.240 e. The predicted molar refractivity (Wildman–Crippen MR) is 62.7 cm³/mol. The van der Waals surface area contributed by atoms with Crippen LogP contribution in [-0.2, 0) is 9.59 Å². The molecule has 2 saturated heterocycles. The SMILES string of the molecule is C[C@H]1C(=O)N(C)CN2CN1CN(C)C(=O)[C@@H]2C. The van der Waals surface area contributed by atoms with E-state index in [1.165, 1.54) is 0 Å². The molecule has 96 valence electrons. The molecule has 2 aliphatic heterocycles. The van der Waals surface area contributed by atoms with Crippen LogP contribution in [0.5, 0.6) is 0 Å². The Morgan fingerprint density at radius 2 is 1.18 bits per heavy atom. The van der Waals surface area contributed by atoms with E-state index in [-0.39, 0.29) is 23.9 Å². The van der Waals surface area contributed by atoms with Crippen molar-refractivity contribution in [1.82, 2.24) is 19.6 Å². The Morgan fingerprint density at radius 3 is 1.53 bits per heavy atom. The maximum atomic E-state index is 12.0. The van der Waals surface area contributed by atoms with Gasteiger partial charge in [0.2, 0.25) is 11.8 Å². The summed E-state index contributed by atoms with van der Waals surface area (Å²) in [7, 11) is 3.58. The molecule has 4 atom stereocenters. The van der Waals surface area contributed by atoms with Crippen molar-refractivity contribution in [3.05, 3.63) is 0 Å². The van der Waals surface area contributed by atoms with Crippen molar-refractivity contribution in [3.8, 4) is 0 Å². The summed E-state index contributed by atoms with van der Waals surface area (Å²) >= 11 is 0. The molecule has 2 amide bonds. The molecule has 2 aliphatic rings. The van der Waals surface area contributed by atoms with E-state index in [0.29, 0.717) is 20.0 Å². The van der Waals surface area contributed by atoms with Crippen LogP contribution < -0.4 is 0 Å². The molecule has 17 heavy (non-hydrogen) atoms. The summed E-state index contributed by atoms with van der Waals surface area (Å²) in [6.07, 6.45) is 0. The van der Waals surface area contributed by atoms with Crippen molar-refractivity contribution in [2.45, 2.75) is 25.9 Å². The Labute approximate surface area is 102 Å². The van der Waals surface area contributed by atoms with Gasteiger partial charge in [-0.3, -0.25) is 19.4 Å². The molecule has 0 aromatic heterocycles. The Kier molecular flexibility index (Phi) is 3.09. The molecule has 2 heterocycles. The largest absolute Gasteiger partial charge is 0.331 e. The first-order valence-corrected chi connectivity index (χ1v) is 5.90. The quantitative estimate of drug-likeness (QED) is 0.555. The summed E-state index contributed by atoms with van der Waals surface area (Å²) in [5.74, 6) is 0.227. The Balaban J connectivity index is 2.31. The van der Waals surface area contributed by atoms with Crippen molar-refractivity contribution in [1.29, 1.82) is 0 Å². The van der Waals surface area contributed by atoms with Gasteiger partial charge in [0, 0.05) is 14.1 Å². The van der Waals surface area contributed by atoms with Gasteiger partial charge in [-0.1, -0.05) is 0 Å². The molecule has 0 saturated carbocycles. The molecular weight excluding hydrogens is 220 g/mol. The van der Waals surface area contributed by atoms with Crippen LogP contribution >= 0.6 is 0 Å². The number of hydrogen-bond acceptors (Lipinski definition) is 4. The topological polar surface area (TPSA) is 47.1 Å². The number of fused-ring (bicyclic) bond motifs is 2. The van der Waals surface area contributed by atoms with E-state index in [2.05, 4.69) is 0 Å². The number of hydrogen-bond donors (Lipinski definition) is 0. The lowest BCUT2D eigenvalue weighted by molar-refractivity contribution is -0.140. The Hall–Kier alpha value is -1.14. The van der Waals surface area contributed by atoms with E-state index < -0.39 is 0 Å². The van der Waals surface area contributed by atoms with Crippen LogP contribution in [0.3, 0.4) is 0 Å².